The summed E-state index contributed by atoms with van der Waals surface area (Å²) in [6.07, 6.45) is -1.05. The van der Waals surface area contributed by atoms with Crippen LogP contribution in [0.5, 0.6) is 11.5 Å². The standard InChI is InChI=1S/C32H26ClN3O5/c1-19(31(37)34-24-6-4-5-23(33)18-24)41-32(38)22-11-16-27-28(17-22)36-30(21-9-14-26(40-3)15-10-21)29(35-27)20-7-12-25(39-2)13-8-20/h4-19H,1-3H3,(H,34,37). The first-order valence-electron chi connectivity index (χ1n) is 12.7. The van der Waals surface area contributed by atoms with Gasteiger partial charge in [-0.15, -0.1) is 0 Å². The van der Waals surface area contributed by atoms with Crippen molar-refractivity contribution >= 4 is 40.2 Å². The third-order valence-electron chi connectivity index (χ3n) is 6.37. The van der Waals surface area contributed by atoms with Crippen molar-refractivity contribution < 1.29 is 23.8 Å². The molecule has 206 valence electrons. The number of carbonyl (C=O) groups is 2. The van der Waals surface area contributed by atoms with Crippen LogP contribution in [0.2, 0.25) is 5.02 Å². The molecule has 0 aliphatic rings. The first-order valence-corrected chi connectivity index (χ1v) is 13.1. The largest absolute Gasteiger partial charge is 0.497 e. The zero-order valence-corrected chi connectivity index (χ0v) is 23.3. The van der Waals surface area contributed by atoms with Gasteiger partial charge in [-0.25, -0.2) is 14.8 Å². The van der Waals surface area contributed by atoms with E-state index >= 15 is 0 Å². The molecule has 1 aromatic heterocycles. The van der Waals surface area contributed by atoms with E-state index < -0.39 is 18.0 Å². The van der Waals surface area contributed by atoms with Gasteiger partial charge in [-0.1, -0.05) is 17.7 Å². The average molecular weight is 568 g/mol. The van der Waals surface area contributed by atoms with Crippen LogP contribution in [0.25, 0.3) is 33.5 Å². The molecular formula is C32H26ClN3O5. The van der Waals surface area contributed by atoms with Crippen LogP contribution in [0.4, 0.5) is 5.69 Å². The normalized spacial score (nSPS) is 11.5. The number of nitrogens with zero attached hydrogens (tertiary/aromatic N) is 2. The number of aromatic nitrogens is 2. The van der Waals surface area contributed by atoms with Crippen LogP contribution in [-0.2, 0) is 9.53 Å². The smallest absolute Gasteiger partial charge is 0.338 e. The molecule has 1 unspecified atom stereocenters. The Kier molecular flexibility index (Phi) is 8.12. The van der Waals surface area contributed by atoms with Crippen LogP contribution in [0.1, 0.15) is 17.3 Å². The van der Waals surface area contributed by atoms with Gasteiger partial charge in [0, 0.05) is 21.8 Å². The summed E-state index contributed by atoms with van der Waals surface area (Å²) in [6.45, 7) is 1.50. The van der Waals surface area contributed by atoms with Gasteiger partial charge in [0.1, 0.15) is 11.5 Å². The van der Waals surface area contributed by atoms with Crippen LogP contribution in [0.3, 0.4) is 0 Å². The third kappa shape index (κ3) is 6.28. The quantitative estimate of drug-likeness (QED) is 0.205. The molecular weight excluding hydrogens is 542 g/mol. The number of rotatable bonds is 8. The van der Waals surface area contributed by atoms with Crippen LogP contribution in [-0.4, -0.2) is 42.2 Å². The topological polar surface area (TPSA) is 99.6 Å². The van der Waals surface area contributed by atoms with Crippen molar-refractivity contribution in [2.45, 2.75) is 13.0 Å². The second-order valence-electron chi connectivity index (χ2n) is 9.13. The highest BCUT2D eigenvalue weighted by Crippen LogP contribution is 2.33. The maximum atomic E-state index is 13.0. The molecule has 1 amide bonds. The summed E-state index contributed by atoms with van der Waals surface area (Å²) < 4.78 is 16.1. The molecule has 0 saturated carbocycles. The minimum absolute atomic E-state index is 0.243. The van der Waals surface area contributed by atoms with Gasteiger partial charge in [0.15, 0.2) is 6.10 Å². The monoisotopic (exact) mass is 567 g/mol. The lowest BCUT2D eigenvalue weighted by molar-refractivity contribution is -0.123. The first kappa shape index (κ1) is 27.6. The fourth-order valence-electron chi connectivity index (χ4n) is 4.17. The molecule has 0 radical (unpaired) electrons. The van der Waals surface area contributed by atoms with Crippen LogP contribution in [0.15, 0.2) is 91.0 Å². The number of fused-ring (bicyclic) bond motifs is 1. The molecule has 1 heterocycles. The Hall–Kier alpha value is -4.95. The Morgan fingerprint density at radius 3 is 1.90 bits per heavy atom. The summed E-state index contributed by atoms with van der Waals surface area (Å²) in [6, 6.07) is 26.7. The van der Waals surface area contributed by atoms with Crippen molar-refractivity contribution in [3.63, 3.8) is 0 Å². The van der Waals surface area contributed by atoms with Crippen molar-refractivity contribution in [1.29, 1.82) is 0 Å². The van der Waals surface area contributed by atoms with Crippen molar-refractivity contribution in [1.82, 2.24) is 9.97 Å². The number of carbonyl (C=O) groups excluding carboxylic acids is 2. The SMILES string of the molecule is COc1ccc(-c2nc3ccc(C(=O)OC(C)C(=O)Nc4cccc(Cl)c4)cc3nc2-c2ccc(OC)cc2)cc1. The van der Waals surface area contributed by atoms with Crippen LogP contribution in [0, 0.1) is 0 Å². The Labute approximate surface area is 241 Å². The number of methoxy groups -OCH3 is 2. The van der Waals surface area contributed by atoms with Crippen molar-refractivity contribution in [2.24, 2.45) is 0 Å². The number of hydrogen-bond donors (Lipinski definition) is 1. The maximum absolute atomic E-state index is 13.0. The van der Waals surface area contributed by atoms with Crippen molar-refractivity contribution in [3.05, 3.63) is 102 Å². The van der Waals surface area contributed by atoms with Crippen molar-refractivity contribution in [2.75, 3.05) is 19.5 Å². The predicted octanol–water partition coefficient (Wildman–Crippen LogP) is 6.82. The van der Waals surface area contributed by atoms with Gasteiger partial charge in [-0.3, -0.25) is 4.79 Å². The number of esters is 1. The predicted molar refractivity (Wildman–Crippen MR) is 158 cm³/mol. The number of ether oxygens (including phenoxy) is 3. The molecule has 5 rings (SSSR count). The number of hydrogen-bond acceptors (Lipinski definition) is 7. The van der Waals surface area contributed by atoms with Crippen LogP contribution < -0.4 is 14.8 Å². The second-order valence-corrected chi connectivity index (χ2v) is 9.56. The van der Waals surface area contributed by atoms with Gasteiger partial charge < -0.3 is 19.5 Å². The Balaban J connectivity index is 1.46. The van der Waals surface area contributed by atoms with Gasteiger partial charge in [0.25, 0.3) is 5.91 Å². The Morgan fingerprint density at radius 1 is 0.756 bits per heavy atom. The van der Waals surface area contributed by atoms with Gasteiger partial charge in [0.2, 0.25) is 0 Å². The minimum atomic E-state index is -1.05. The number of amides is 1. The molecule has 0 saturated heterocycles. The molecule has 0 fully saturated rings. The summed E-state index contributed by atoms with van der Waals surface area (Å²) in [7, 11) is 3.22. The van der Waals surface area contributed by atoms with E-state index in [4.69, 9.17) is 35.8 Å². The van der Waals surface area contributed by atoms with E-state index in [0.717, 1.165) is 16.9 Å². The lowest BCUT2D eigenvalue weighted by atomic mass is 10.0. The van der Waals surface area contributed by atoms with Gasteiger partial charge in [0.05, 0.1) is 42.2 Å². The second kappa shape index (κ2) is 12.1. The fraction of sp³-hybridized carbons (Fsp3) is 0.125. The summed E-state index contributed by atoms with van der Waals surface area (Å²) in [4.78, 5) is 35.4. The molecule has 41 heavy (non-hydrogen) atoms. The first-order chi connectivity index (χ1) is 19.8. The maximum Gasteiger partial charge on any atom is 0.338 e. The highest BCUT2D eigenvalue weighted by molar-refractivity contribution is 6.30. The lowest BCUT2D eigenvalue weighted by Gasteiger charge is -2.14. The zero-order chi connectivity index (χ0) is 28.9. The molecule has 0 bridgehead atoms. The van der Waals surface area contributed by atoms with Crippen molar-refractivity contribution in [3.8, 4) is 34.0 Å². The molecule has 0 spiro atoms. The molecule has 1 N–H and O–H groups in total. The number of anilines is 1. The molecule has 5 aromatic rings. The summed E-state index contributed by atoms with van der Waals surface area (Å²) >= 11 is 5.98. The fourth-order valence-corrected chi connectivity index (χ4v) is 4.36. The highest BCUT2D eigenvalue weighted by atomic mass is 35.5. The molecule has 4 aromatic carbocycles. The minimum Gasteiger partial charge on any atom is -0.497 e. The highest BCUT2D eigenvalue weighted by Gasteiger charge is 2.21. The Bertz CT molecular complexity index is 1720. The molecule has 0 aliphatic carbocycles. The Morgan fingerprint density at radius 2 is 1.34 bits per heavy atom. The summed E-state index contributed by atoms with van der Waals surface area (Å²) in [5.41, 5.74) is 4.82. The summed E-state index contributed by atoms with van der Waals surface area (Å²) in [5.74, 6) is 0.305. The number of nitrogens with one attached hydrogen (secondary N) is 1. The molecule has 9 heteroatoms. The van der Waals surface area contributed by atoms with E-state index in [1.54, 1.807) is 56.7 Å². The van der Waals surface area contributed by atoms with E-state index in [2.05, 4.69) is 5.32 Å². The van der Waals surface area contributed by atoms with Gasteiger partial charge in [-0.05, 0) is 91.9 Å². The lowest BCUT2D eigenvalue weighted by Crippen LogP contribution is -2.30. The van der Waals surface area contributed by atoms with E-state index in [9.17, 15) is 9.59 Å². The molecule has 1 atom stereocenters. The van der Waals surface area contributed by atoms with Gasteiger partial charge in [-0.2, -0.15) is 0 Å². The van der Waals surface area contributed by atoms with E-state index in [1.807, 2.05) is 48.5 Å². The number of benzene rings is 4. The van der Waals surface area contributed by atoms with Crippen LogP contribution >= 0.6 is 11.6 Å². The van der Waals surface area contributed by atoms with E-state index in [-0.39, 0.29) is 5.56 Å². The molecule has 8 nitrogen and oxygen atoms in total. The zero-order valence-electron chi connectivity index (χ0n) is 22.6. The average Bonchev–Trinajstić information content (AvgIpc) is 3.00. The van der Waals surface area contributed by atoms with E-state index in [1.165, 1.54) is 6.92 Å². The number of halogens is 1. The van der Waals surface area contributed by atoms with E-state index in [0.29, 0.717) is 38.9 Å². The molecule has 0 aliphatic heterocycles. The third-order valence-corrected chi connectivity index (χ3v) is 6.61. The van der Waals surface area contributed by atoms with Gasteiger partial charge >= 0.3 is 5.97 Å². The summed E-state index contributed by atoms with van der Waals surface area (Å²) in [5, 5.41) is 3.17.